The van der Waals surface area contributed by atoms with E-state index in [1.165, 1.54) is 38.9 Å². The number of nitrogens with zero attached hydrogens (tertiary/aromatic N) is 1. The van der Waals surface area contributed by atoms with Crippen LogP contribution in [-0.4, -0.2) is 37.1 Å². The summed E-state index contributed by atoms with van der Waals surface area (Å²) in [4.78, 5) is 2.72. The zero-order valence-electron chi connectivity index (χ0n) is 14.2. The van der Waals surface area contributed by atoms with E-state index in [0.29, 0.717) is 5.41 Å². The fourth-order valence-electron chi connectivity index (χ4n) is 3.49. The lowest BCUT2D eigenvalue weighted by molar-refractivity contribution is 0.0663. The molecule has 2 nitrogen and oxygen atoms in total. The summed E-state index contributed by atoms with van der Waals surface area (Å²) in [5.74, 6) is 1.65. The molecular weight excluding hydrogens is 244 g/mol. The predicted octanol–water partition coefficient (Wildman–Crippen LogP) is 3.69. The van der Waals surface area contributed by atoms with Crippen LogP contribution in [0.1, 0.15) is 53.9 Å². The molecule has 1 aliphatic carbocycles. The van der Waals surface area contributed by atoms with Crippen LogP contribution in [0, 0.1) is 17.3 Å². The molecule has 2 rings (SSSR count). The fraction of sp³-hybridized carbons (Fsp3) is 0.889. The van der Waals surface area contributed by atoms with E-state index in [-0.39, 0.29) is 0 Å². The van der Waals surface area contributed by atoms with Crippen LogP contribution in [0.25, 0.3) is 0 Å². The summed E-state index contributed by atoms with van der Waals surface area (Å²) in [5.41, 5.74) is 2.02. The van der Waals surface area contributed by atoms with Gasteiger partial charge in [0.1, 0.15) is 0 Å². The summed E-state index contributed by atoms with van der Waals surface area (Å²) in [7, 11) is 0. The highest BCUT2D eigenvalue weighted by molar-refractivity contribution is 5.15. The largest absolute Gasteiger partial charge is 0.316 e. The molecule has 1 aliphatic heterocycles. The Kier molecular flexibility index (Phi) is 5.30. The van der Waals surface area contributed by atoms with E-state index in [2.05, 4.69) is 50.9 Å². The van der Waals surface area contributed by atoms with Gasteiger partial charge in [0.25, 0.3) is 0 Å². The van der Waals surface area contributed by atoms with Gasteiger partial charge in [-0.25, -0.2) is 0 Å². The smallest absolute Gasteiger partial charge is 0.0169 e. The highest BCUT2D eigenvalue weighted by Gasteiger charge is 2.36. The van der Waals surface area contributed by atoms with E-state index in [1.807, 2.05) is 0 Å². The lowest BCUT2D eigenvalue weighted by Gasteiger charge is -2.46. The Bertz CT molecular complexity index is 338. The maximum absolute atomic E-state index is 3.65. The van der Waals surface area contributed by atoms with Crippen LogP contribution < -0.4 is 5.32 Å². The first-order valence-corrected chi connectivity index (χ1v) is 8.52. The maximum Gasteiger partial charge on any atom is 0.0169 e. The summed E-state index contributed by atoms with van der Waals surface area (Å²) in [6.45, 7) is 16.4. The fourth-order valence-corrected chi connectivity index (χ4v) is 3.49. The normalized spacial score (nSPS) is 28.4. The van der Waals surface area contributed by atoms with Gasteiger partial charge in [-0.15, -0.1) is 0 Å². The predicted molar refractivity (Wildman–Crippen MR) is 87.9 cm³/mol. The number of hydrogen-bond acceptors (Lipinski definition) is 2. The van der Waals surface area contributed by atoms with E-state index >= 15 is 0 Å². The van der Waals surface area contributed by atoms with Gasteiger partial charge in [-0.2, -0.15) is 0 Å². The average Bonchev–Trinajstić information content (AvgIpc) is 2.32. The minimum atomic E-state index is 0.365. The van der Waals surface area contributed by atoms with E-state index < -0.39 is 0 Å². The molecule has 0 spiro atoms. The van der Waals surface area contributed by atoms with Gasteiger partial charge in [-0.05, 0) is 49.6 Å². The van der Waals surface area contributed by atoms with Crippen LogP contribution in [0.15, 0.2) is 11.6 Å². The van der Waals surface area contributed by atoms with Crippen molar-refractivity contribution in [3.63, 3.8) is 0 Å². The summed E-state index contributed by atoms with van der Waals surface area (Å²) in [6, 6.07) is 0.840. The second-order valence-corrected chi connectivity index (χ2v) is 8.18. The van der Waals surface area contributed by atoms with Crippen LogP contribution in [0.3, 0.4) is 0 Å². The van der Waals surface area contributed by atoms with Crippen LogP contribution in [0.5, 0.6) is 0 Å². The number of rotatable bonds is 5. The van der Waals surface area contributed by atoms with E-state index in [4.69, 9.17) is 0 Å². The van der Waals surface area contributed by atoms with Gasteiger partial charge >= 0.3 is 0 Å². The highest BCUT2D eigenvalue weighted by Crippen LogP contribution is 2.36. The van der Waals surface area contributed by atoms with Crippen LogP contribution in [0.2, 0.25) is 0 Å². The van der Waals surface area contributed by atoms with Crippen molar-refractivity contribution in [2.45, 2.75) is 59.9 Å². The second-order valence-electron chi connectivity index (χ2n) is 8.18. The Morgan fingerprint density at radius 2 is 2.05 bits per heavy atom. The summed E-state index contributed by atoms with van der Waals surface area (Å²) >= 11 is 0. The second kappa shape index (κ2) is 6.62. The molecule has 2 atom stereocenters. The molecule has 0 amide bonds. The first-order valence-electron chi connectivity index (χ1n) is 8.52. The number of hydrogen-bond donors (Lipinski definition) is 1. The molecule has 0 radical (unpaired) electrons. The average molecular weight is 278 g/mol. The Balaban J connectivity index is 1.78. The molecule has 0 aromatic heterocycles. The van der Waals surface area contributed by atoms with Gasteiger partial charge in [0.05, 0.1) is 0 Å². The van der Waals surface area contributed by atoms with Crippen molar-refractivity contribution >= 4 is 0 Å². The summed E-state index contributed by atoms with van der Waals surface area (Å²) in [5, 5.41) is 3.65. The molecular formula is C18H34N2. The lowest BCUT2D eigenvalue weighted by Crippen LogP contribution is -2.52. The first kappa shape index (κ1) is 16.0. The molecule has 116 valence electrons. The molecule has 20 heavy (non-hydrogen) atoms. The molecule has 0 aromatic rings. The summed E-state index contributed by atoms with van der Waals surface area (Å²) < 4.78 is 0. The van der Waals surface area contributed by atoms with E-state index in [0.717, 1.165) is 24.4 Å². The minimum absolute atomic E-state index is 0.365. The minimum Gasteiger partial charge on any atom is -0.316 e. The SMILES string of the molecule is CC(C)CNCC1CCC1N1CC=C(C(C)(C)C)CC1. The summed E-state index contributed by atoms with van der Waals surface area (Å²) in [6.07, 6.45) is 6.60. The topological polar surface area (TPSA) is 15.3 Å². The van der Waals surface area contributed by atoms with Gasteiger partial charge in [0.2, 0.25) is 0 Å². The van der Waals surface area contributed by atoms with Crippen molar-refractivity contribution in [3.05, 3.63) is 11.6 Å². The van der Waals surface area contributed by atoms with Crippen molar-refractivity contribution in [1.82, 2.24) is 10.2 Å². The van der Waals surface area contributed by atoms with E-state index in [9.17, 15) is 0 Å². The van der Waals surface area contributed by atoms with Gasteiger partial charge in [-0.3, -0.25) is 4.90 Å². The van der Waals surface area contributed by atoms with Gasteiger partial charge in [0, 0.05) is 19.1 Å². The van der Waals surface area contributed by atoms with Crippen LogP contribution >= 0.6 is 0 Å². The van der Waals surface area contributed by atoms with Crippen LogP contribution in [0.4, 0.5) is 0 Å². The van der Waals surface area contributed by atoms with Crippen molar-refractivity contribution in [2.75, 3.05) is 26.2 Å². The van der Waals surface area contributed by atoms with Crippen molar-refractivity contribution < 1.29 is 0 Å². The molecule has 1 heterocycles. The lowest BCUT2D eigenvalue weighted by atomic mass is 9.76. The first-order chi connectivity index (χ1) is 9.38. The molecule has 1 N–H and O–H groups in total. The zero-order chi connectivity index (χ0) is 14.8. The van der Waals surface area contributed by atoms with Crippen molar-refractivity contribution in [1.29, 1.82) is 0 Å². The van der Waals surface area contributed by atoms with Gasteiger partial charge < -0.3 is 5.32 Å². The molecule has 0 saturated heterocycles. The Morgan fingerprint density at radius 1 is 1.30 bits per heavy atom. The Labute approximate surface area is 126 Å². The molecule has 2 aliphatic rings. The standard InChI is InChI=1S/C18H34N2/c1-14(2)12-19-13-15-6-7-17(15)20-10-8-16(9-11-20)18(3,4)5/h8,14-15,17,19H,6-7,9-13H2,1-5H3. The van der Waals surface area contributed by atoms with Crippen LogP contribution in [-0.2, 0) is 0 Å². The van der Waals surface area contributed by atoms with Gasteiger partial charge in [-0.1, -0.05) is 46.3 Å². The molecule has 2 unspecified atom stereocenters. The molecule has 1 fully saturated rings. The molecule has 0 bridgehead atoms. The quantitative estimate of drug-likeness (QED) is 0.772. The molecule has 2 heteroatoms. The third-order valence-corrected chi connectivity index (χ3v) is 5.01. The maximum atomic E-state index is 3.65. The zero-order valence-corrected chi connectivity index (χ0v) is 14.2. The van der Waals surface area contributed by atoms with Crippen molar-refractivity contribution in [3.8, 4) is 0 Å². The third kappa shape index (κ3) is 4.08. The monoisotopic (exact) mass is 278 g/mol. The Hall–Kier alpha value is -0.340. The number of nitrogens with one attached hydrogen (secondary N) is 1. The Morgan fingerprint density at radius 3 is 2.50 bits per heavy atom. The van der Waals surface area contributed by atoms with Crippen molar-refractivity contribution in [2.24, 2.45) is 17.3 Å². The molecule has 0 aromatic carbocycles. The molecule has 1 saturated carbocycles. The third-order valence-electron chi connectivity index (χ3n) is 5.01. The highest BCUT2D eigenvalue weighted by atomic mass is 15.2. The van der Waals surface area contributed by atoms with E-state index in [1.54, 1.807) is 5.57 Å². The van der Waals surface area contributed by atoms with Gasteiger partial charge in [0.15, 0.2) is 0 Å².